The van der Waals surface area contributed by atoms with Crippen molar-refractivity contribution in [3.8, 4) is 0 Å². The van der Waals surface area contributed by atoms with E-state index in [0.29, 0.717) is 29.0 Å². The van der Waals surface area contributed by atoms with Gasteiger partial charge in [0.2, 0.25) is 0 Å². The van der Waals surface area contributed by atoms with Gasteiger partial charge in [0.05, 0.1) is 0 Å². The topological polar surface area (TPSA) is 17.1 Å². The summed E-state index contributed by atoms with van der Waals surface area (Å²) in [5.41, 5.74) is 5.21. The number of ketones is 1. The monoisotopic (exact) mass is 406 g/mol. The predicted molar refractivity (Wildman–Crippen MR) is 127 cm³/mol. The van der Waals surface area contributed by atoms with Crippen LogP contribution in [0.15, 0.2) is 47.1 Å². The Kier molecular flexibility index (Phi) is 5.79. The number of carbonyl (C=O) groups excluding carboxylic acids is 1. The van der Waals surface area contributed by atoms with E-state index >= 15 is 0 Å². The highest BCUT2D eigenvalue weighted by Gasteiger charge is 2.53. The third-order valence-electron chi connectivity index (χ3n) is 9.59. The van der Waals surface area contributed by atoms with E-state index in [2.05, 4.69) is 65.8 Å². The van der Waals surface area contributed by atoms with Gasteiger partial charge in [0, 0.05) is 6.42 Å². The number of hydrogen-bond acceptors (Lipinski definition) is 1. The third-order valence-corrected chi connectivity index (χ3v) is 9.59. The lowest BCUT2D eigenvalue weighted by molar-refractivity contribution is -0.116. The van der Waals surface area contributed by atoms with Crippen LogP contribution >= 0.6 is 0 Å². The molecule has 0 heterocycles. The maximum Gasteiger partial charge on any atom is 0.156 e. The fraction of sp³-hybridized carbons (Fsp3) is 0.690. The fourth-order valence-electron chi connectivity index (χ4n) is 7.48. The highest BCUT2D eigenvalue weighted by Crippen LogP contribution is 2.63. The molecule has 0 spiro atoms. The largest absolute Gasteiger partial charge is 0.295 e. The molecule has 0 aromatic carbocycles. The molecule has 0 N–H and O–H groups in total. The summed E-state index contributed by atoms with van der Waals surface area (Å²) < 4.78 is 0. The predicted octanol–water partition coefficient (Wildman–Crippen LogP) is 7.85. The molecule has 0 bridgehead atoms. The fourth-order valence-corrected chi connectivity index (χ4v) is 7.48. The van der Waals surface area contributed by atoms with E-state index in [-0.39, 0.29) is 5.41 Å². The molecular formula is C29H42O. The van der Waals surface area contributed by atoms with E-state index in [4.69, 9.17) is 0 Å². The summed E-state index contributed by atoms with van der Waals surface area (Å²) in [5, 5.41) is 0. The van der Waals surface area contributed by atoms with Crippen LogP contribution in [0.3, 0.4) is 0 Å². The molecule has 0 radical (unpaired) electrons. The number of carbonyl (C=O) groups is 1. The van der Waals surface area contributed by atoms with Crippen LogP contribution in [0.1, 0.15) is 86.5 Å². The molecule has 0 aromatic heterocycles. The lowest BCUT2D eigenvalue weighted by atomic mass is 9.53. The van der Waals surface area contributed by atoms with Gasteiger partial charge in [-0.1, -0.05) is 71.4 Å². The molecule has 4 aliphatic rings. The van der Waals surface area contributed by atoms with Crippen LogP contribution in [-0.4, -0.2) is 5.78 Å². The number of rotatable bonds is 5. The summed E-state index contributed by atoms with van der Waals surface area (Å²) in [5.74, 6) is 3.76. The standard InChI is InChI=1S/C29H42O/c1-7-21(19(2)3)9-8-20(4)25-12-13-26-24-11-10-22-18-23(30)14-16-28(22,5)27(24)15-17-29(25,26)6/h8-11,18-21,25,27H,7,12-17H2,1-6H3. The second-order valence-corrected chi connectivity index (χ2v) is 11.5. The Balaban J connectivity index is 1.63. The molecule has 0 amide bonds. The maximum absolute atomic E-state index is 12.0. The zero-order chi connectivity index (χ0) is 21.7. The van der Waals surface area contributed by atoms with Gasteiger partial charge in [0.1, 0.15) is 0 Å². The molecule has 0 aliphatic heterocycles. The van der Waals surface area contributed by atoms with Crippen molar-refractivity contribution in [2.45, 2.75) is 86.5 Å². The quantitative estimate of drug-likeness (QED) is 0.425. The molecule has 1 nitrogen and oxygen atoms in total. The van der Waals surface area contributed by atoms with Crippen molar-refractivity contribution in [2.75, 3.05) is 0 Å². The van der Waals surface area contributed by atoms with Gasteiger partial charge in [-0.15, -0.1) is 0 Å². The van der Waals surface area contributed by atoms with Crippen LogP contribution in [0.4, 0.5) is 0 Å². The zero-order valence-electron chi connectivity index (χ0n) is 20.1. The third kappa shape index (κ3) is 3.41. The van der Waals surface area contributed by atoms with E-state index in [9.17, 15) is 4.79 Å². The van der Waals surface area contributed by atoms with Gasteiger partial charge in [-0.25, -0.2) is 0 Å². The molecule has 0 saturated heterocycles. The molecule has 1 heteroatoms. The second kappa shape index (κ2) is 7.95. The van der Waals surface area contributed by atoms with Gasteiger partial charge in [-0.2, -0.15) is 0 Å². The lowest BCUT2D eigenvalue weighted by Gasteiger charge is -2.51. The van der Waals surface area contributed by atoms with Crippen LogP contribution < -0.4 is 0 Å². The van der Waals surface area contributed by atoms with Gasteiger partial charge in [-0.3, -0.25) is 4.79 Å². The molecular weight excluding hydrogens is 364 g/mol. The summed E-state index contributed by atoms with van der Waals surface area (Å²) >= 11 is 0. The first-order chi connectivity index (χ1) is 14.2. The van der Waals surface area contributed by atoms with E-state index in [1.165, 1.54) is 37.7 Å². The van der Waals surface area contributed by atoms with Gasteiger partial charge in [0.25, 0.3) is 0 Å². The molecule has 4 rings (SSSR count). The average Bonchev–Trinajstić information content (AvgIpc) is 3.06. The Hall–Kier alpha value is -1.37. The SMILES string of the molecule is CCC(C=CC(C)C1CCC2=C3C=CC4=CC(=O)CCC4(C)C3CCC21C)C(C)C. The van der Waals surface area contributed by atoms with Gasteiger partial charge in [0.15, 0.2) is 5.78 Å². The van der Waals surface area contributed by atoms with Crippen LogP contribution in [0.2, 0.25) is 0 Å². The lowest BCUT2D eigenvalue weighted by Crippen LogP contribution is -2.41. The van der Waals surface area contributed by atoms with Crippen molar-refractivity contribution in [3.05, 3.63) is 47.1 Å². The Morgan fingerprint density at radius 3 is 2.50 bits per heavy atom. The van der Waals surface area contributed by atoms with Crippen molar-refractivity contribution in [1.82, 2.24) is 0 Å². The van der Waals surface area contributed by atoms with E-state index in [0.717, 1.165) is 24.7 Å². The molecule has 6 unspecified atom stereocenters. The number of hydrogen-bond donors (Lipinski definition) is 0. The van der Waals surface area contributed by atoms with E-state index in [1.807, 2.05) is 6.08 Å². The zero-order valence-corrected chi connectivity index (χ0v) is 20.1. The van der Waals surface area contributed by atoms with E-state index < -0.39 is 0 Å². The Bertz CT molecular complexity index is 821. The minimum atomic E-state index is 0.168. The Labute approximate surface area is 184 Å². The molecule has 30 heavy (non-hydrogen) atoms. The smallest absolute Gasteiger partial charge is 0.156 e. The molecule has 1 saturated carbocycles. The first kappa shape index (κ1) is 21.8. The van der Waals surface area contributed by atoms with Crippen LogP contribution in [0.25, 0.3) is 0 Å². The molecule has 164 valence electrons. The molecule has 6 atom stereocenters. The van der Waals surface area contributed by atoms with Crippen molar-refractivity contribution >= 4 is 5.78 Å². The summed E-state index contributed by atoms with van der Waals surface area (Å²) in [7, 11) is 0. The van der Waals surface area contributed by atoms with Gasteiger partial charge < -0.3 is 0 Å². The molecule has 1 fully saturated rings. The van der Waals surface area contributed by atoms with Crippen LogP contribution in [0.5, 0.6) is 0 Å². The first-order valence-electron chi connectivity index (χ1n) is 12.6. The maximum atomic E-state index is 12.0. The summed E-state index contributed by atoms with van der Waals surface area (Å²) in [6.45, 7) is 14.5. The van der Waals surface area contributed by atoms with Crippen molar-refractivity contribution in [2.24, 2.45) is 40.4 Å². The number of fused-ring (bicyclic) bond motifs is 4. The van der Waals surface area contributed by atoms with Crippen molar-refractivity contribution in [3.63, 3.8) is 0 Å². The normalized spacial score (nSPS) is 37.8. The minimum absolute atomic E-state index is 0.168. The average molecular weight is 407 g/mol. The number of allylic oxidation sites excluding steroid dienone is 8. The highest BCUT2D eigenvalue weighted by atomic mass is 16.1. The van der Waals surface area contributed by atoms with Crippen molar-refractivity contribution < 1.29 is 4.79 Å². The summed E-state index contributed by atoms with van der Waals surface area (Å²) in [6, 6.07) is 0. The molecule has 4 aliphatic carbocycles. The Morgan fingerprint density at radius 1 is 1.03 bits per heavy atom. The Morgan fingerprint density at radius 2 is 1.80 bits per heavy atom. The highest BCUT2D eigenvalue weighted by molar-refractivity contribution is 5.92. The van der Waals surface area contributed by atoms with Crippen LogP contribution in [0, 0.1) is 40.4 Å². The molecule has 0 aromatic rings. The van der Waals surface area contributed by atoms with Gasteiger partial charge in [-0.05, 0) is 96.2 Å². The van der Waals surface area contributed by atoms with E-state index in [1.54, 1.807) is 11.1 Å². The van der Waals surface area contributed by atoms with Crippen molar-refractivity contribution in [1.29, 1.82) is 0 Å². The van der Waals surface area contributed by atoms with Crippen LogP contribution in [-0.2, 0) is 4.79 Å². The van der Waals surface area contributed by atoms with Gasteiger partial charge >= 0.3 is 0 Å². The first-order valence-corrected chi connectivity index (χ1v) is 12.6. The summed E-state index contributed by atoms with van der Waals surface area (Å²) in [4.78, 5) is 12.0. The minimum Gasteiger partial charge on any atom is -0.295 e. The summed E-state index contributed by atoms with van der Waals surface area (Å²) in [6.07, 6.45) is 19.9. The second-order valence-electron chi connectivity index (χ2n) is 11.5.